The molecule has 5 nitrogen and oxygen atoms in total. The van der Waals surface area contributed by atoms with Crippen molar-refractivity contribution in [2.24, 2.45) is 10.7 Å². The van der Waals surface area contributed by atoms with E-state index in [1.54, 1.807) is 4.90 Å². The van der Waals surface area contributed by atoms with E-state index in [1.807, 2.05) is 39.0 Å². The zero-order valence-electron chi connectivity index (χ0n) is 13.4. The second kappa shape index (κ2) is 8.29. The normalized spacial score (nSPS) is 11.3. The van der Waals surface area contributed by atoms with Gasteiger partial charge in [-0.15, -0.1) is 0 Å². The standard InChI is InChI=1S/C16H26N4O/c1-5-7-11-20(16(21)19-15(17)18-6-2)14-12(3)9-8-10-13(14)4/h8-10H,5-7,11H2,1-4H3,(H3,17,18,19,21). The molecule has 0 atom stereocenters. The van der Waals surface area contributed by atoms with Crippen molar-refractivity contribution in [3.05, 3.63) is 29.3 Å². The van der Waals surface area contributed by atoms with Crippen molar-refractivity contribution in [2.45, 2.75) is 40.5 Å². The maximum absolute atomic E-state index is 12.5. The van der Waals surface area contributed by atoms with Crippen molar-refractivity contribution in [3.63, 3.8) is 0 Å². The number of benzene rings is 1. The number of amides is 2. The van der Waals surface area contributed by atoms with E-state index in [9.17, 15) is 4.79 Å². The molecule has 0 bridgehead atoms. The minimum atomic E-state index is -0.226. The monoisotopic (exact) mass is 290 g/mol. The average molecular weight is 290 g/mol. The van der Waals surface area contributed by atoms with Crippen LogP contribution in [0.1, 0.15) is 37.8 Å². The Hall–Kier alpha value is -2.04. The fourth-order valence-corrected chi connectivity index (χ4v) is 2.25. The molecule has 0 fully saturated rings. The Balaban J connectivity index is 3.05. The highest BCUT2D eigenvalue weighted by atomic mass is 16.2. The number of urea groups is 1. The summed E-state index contributed by atoms with van der Waals surface area (Å²) in [6.45, 7) is 9.21. The molecule has 3 N–H and O–H groups in total. The summed E-state index contributed by atoms with van der Waals surface area (Å²) in [6.07, 6.45) is 1.96. The van der Waals surface area contributed by atoms with Gasteiger partial charge in [0.25, 0.3) is 0 Å². The fourth-order valence-electron chi connectivity index (χ4n) is 2.25. The first-order chi connectivity index (χ1) is 10.0. The lowest BCUT2D eigenvalue weighted by Gasteiger charge is -2.26. The molecule has 0 aliphatic carbocycles. The molecule has 0 aromatic heterocycles. The van der Waals surface area contributed by atoms with Crippen LogP contribution in [0.4, 0.5) is 10.5 Å². The minimum absolute atomic E-state index is 0.162. The number of anilines is 1. The number of rotatable bonds is 5. The molecule has 0 radical (unpaired) electrons. The van der Waals surface area contributed by atoms with Crippen molar-refractivity contribution in [1.82, 2.24) is 5.32 Å². The van der Waals surface area contributed by atoms with Crippen molar-refractivity contribution in [1.29, 1.82) is 0 Å². The Kier molecular flexibility index (Phi) is 6.72. The van der Waals surface area contributed by atoms with Gasteiger partial charge in [-0.05, 0) is 38.3 Å². The molecule has 0 aliphatic heterocycles. The Bertz CT molecular complexity index is 491. The number of para-hydroxylation sites is 1. The van der Waals surface area contributed by atoms with Crippen molar-refractivity contribution in [3.8, 4) is 0 Å². The third-order valence-corrected chi connectivity index (χ3v) is 3.25. The van der Waals surface area contributed by atoms with E-state index in [1.165, 1.54) is 0 Å². The number of nitrogens with two attached hydrogens (primary N) is 1. The zero-order valence-corrected chi connectivity index (χ0v) is 13.4. The summed E-state index contributed by atoms with van der Waals surface area (Å²) in [5, 5.41) is 2.66. The molecule has 1 aromatic rings. The molecular weight excluding hydrogens is 264 g/mol. The number of hydrogen-bond donors (Lipinski definition) is 2. The number of carbonyl (C=O) groups excluding carboxylic acids is 1. The van der Waals surface area contributed by atoms with Crippen LogP contribution in [-0.4, -0.2) is 25.1 Å². The lowest BCUT2D eigenvalue weighted by atomic mass is 10.1. The third kappa shape index (κ3) is 4.77. The first-order valence-corrected chi connectivity index (χ1v) is 7.45. The van der Waals surface area contributed by atoms with Crippen LogP contribution in [0.25, 0.3) is 0 Å². The van der Waals surface area contributed by atoms with Crippen LogP contribution in [0.5, 0.6) is 0 Å². The fraction of sp³-hybridized carbons (Fsp3) is 0.500. The number of hydrogen-bond acceptors (Lipinski definition) is 2. The van der Waals surface area contributed by atoms with E-state index in [-0.39, 0.29) is 12.0 Å². The Morgan fingerprint density at radius 1 is 1.29 bits per heavy atom. The molecular formula is C16H26N4O. The molecule has 1 aromatic carbocycles. The van der Waals surface area contributed by atoms with Crippen LogP contribution >= 0.6 is 0 Å². The van der Waals surface area contributed by atoms with Gasteiger partial charge in [-0.25, -0.2) is 4.79 Å². The number of unbranched alkanes of at least 4 members (excludes halogenated alkanes) is 1. The Morgan fingerprint density at radius 2 is 1.90 bits per heavy atom. The summed E-state index contributed by atoms with van der Waals surface area (Å²) >= 11 is 0. The lowest BCUT2D eigenvalue weighted by molar-refractivity contribution is 0.250. The molecule has 1 rings (SSSR count). The molecule has 0 heterocycles. The SMILES string of the molecule is CCCCN(C(=O)NC(N)=NCC)c1c(C)cccc1C. The molecule has 0 spiro atoms. The Labute approximate surface area is 127 Å². The number of aliphatic imine (C=N–C) groups is 1. The summed E-state index contributed by atoms with van der Waals surface area (Å²) < 4.78 is 0. The number of guanidine groups is 1. The second-order valence-electron chi connectivity index (χ2n) is 5.04. The summed E-state index contributed by atoms with van der Waals surface area (Å²) in [5.74, 6) is 0.162. The first-order valence-electron chi connectivity index (χ1n) is 7.45. The molecule has 0 saturated carbocycles. The van der Waals surface area contributed by atoms with Crippen molar-refractivity contribution in [2.75, 3.05) is 18.0 Å². The van der Waals surface area contributed by atoms with E-state index in [4.69, 9.17) is 5.73 Å². The smallest absolute Gasteiger partial charge is 0.328 e. The van der Waals surface area contributed by atoms with E-state index in [0.29, 0.717) is 13.1 Å². The summed E-state index contributed by atoms with van der Waals surface area (Å²) in [6, 6.07) is 5.79. The number of carbonyl (C=O) groups is 1. The van der Waals surface area contributed by atoms with Gasteiger partial charge >= 0.3 is 6.03 Å². The average Bonchev–Trinajstić information content (AvgIpc) is 2.42. The molecule has 0 unspecified atom stereocenters. The summed E-state index contributed by atoms with van der Waals surface area (Å²) in [4.78, 5) is 18.3. The van der Waals surface area contributed by atoms with Crippen molar-refractivity contribution < 1.29 is 4.79 Å². The molecule has 0 saturated heterocycles. The molecule has 0 aliphatic rings. The maximum atomic E-state index is 12.5. The minimum Gasteiger partial charge on any atom is -0.370 e. The summed E-state index contributed by atoms with van der Waals surface area (Å²) in [7, 11) is 0. The number of nitrogens with one attached hydrogen (secondary N) is 1. The molecule has 2 amide bonds. The van der Waals surface area contributed by atoms with Crippen molar-refractivity contribution >= 4 is 17.7 Å². The molecule has 21 heavy (non-hydrogen) atoms. The van der Waals surface area contributed by atoms with Crippen LogP contribution in [-0.2, 0) is 0 Å². The summed E-state index contributed by atoms with van der Waals surface area (Å²) in [5.41, 5.74) is 8.80. The topological polar surface area (TPSA) is 70.7 Å². The van der Waals surface area contributed by atoms with Gasteiger partial charge in [-0.2, -0.15) is 0 Å². The van der Waals surface area contributed by atoms with E-state index in [2.05, 4.69) is 17.2 Å². The number of aryl methyl sites for hydroxylation is 2. The van der Waals surface area contributed by atoms with Crippen LogP contribution < -0.4 is 16.0 Å². The van der Waals surface area contributed by atoms with Gasteiger partial charge in [0.05, 0.1) is 5.69 Å². The second-order valence-corrected chi connectivity index (χ2v) is 5.04. The molecule has 5 heteroatoms. The highest BCUT2D eigenvalue weighted by molar-refractivity contribution is 6.03. The van der Waals surface area contributed by atoms with E-state index in [0.717, 1.165) is 29.7 Å². The number of nitrogens with zero attached hydrogens (tertiary/aromatic N) is 2. The van der Waals surface area contributed by atoms with E-state index < -0.39 is 0 Å². The predicted octanol–water partition coefficient (Wildman–Crippen LogP) is 2.95. The predicted molar refractivity (Wildman–Crippen MR) is 88.9 cm³/mol. The van der Waals surface area contributed by atoms with E-state index >= 15 is 0 Å². The van der Waals surface area contributed by atoms with Gasteiger partial charge in [0.1, 0.15) is 0 Å². The largest absolute Gasteiger partial charge is 0.370 e. The van der Waals surface area contributed by atoms with Gasteiger partial charge in [-0.1, -0.05) is 31.5 Å². The van der Waals surface area contributed by atoms with Gasteiger partial charge < -0.3 is 5.73 Å². The van der Waals surface area contributed by atoms with Gasteiger partial charge in [-0.3, -0.25) is 15.2 Å². The van der Waals surface area contributed by atoms with Crippen LogP contribution in [0.2, 0.25) is 0 Å². The lowest BCUT2D eigenvalue weighted by Crippen LogP contribution is -2.47. The highest BCUT2D eigenvalue weighted by Crippen LogP contribution is 2.25. The van der Waals surface area contributed by atoms with Crippen LogP contribution in [0, 0.1) is 13.8 Å². The zero-order chi connectivity index (χ0) is 15.8. The highest BCUT2D eigenvalue weighted by Gasteiger charge is 2.19. The van der Waals surface area contributed by atoms with Crippen LogP contribution in [0.3, 0.4) is 0 Å². The Morgan fingerprint density at radius 3 is 2.43 bits per heavy atom. The van der Waals surface area contributed by atoms with Crippen LogP contribution in [0.15, 0.2) is 23.2 Å². The maximum Gasteiger partial charge on any atom is 0.328 e. The van der Waals surface area contributed by atoms with Gasteiger partial charge in [0, 0.05) is 13.1 Å². The van der Waals surface area contributed by atoms with Gasteiger partial charge in [0.15, 0.2) is 5.96 Å². The third-order valence-electron chi connectivity index (χ3n) is 3.25. The first kappa shape index (κ1) is 17.0. The quantitative estimate of drug-likeness (QED) is 0.646. The molecule has 116 valence electrons. The van der Waals surface area contributed by atoms with Gasteiger partial charge in [0.2, 0.25) is 0 Å².